The van der Waals surface area contributed by atoms with Gasteiger partial charge in [-0.15, -0.1) is 0 Å². The zero-order valence-corrected chi connectivity index (χ0v) is 15.9. The molecule has 1 aromatic heterocycles. The predicted octanol–water partition coefficient (Wildman–Crippen LogP) is 1.26. The number of amides is 2. The van der Waals surface area contributed by atoms with Gasteiger partial charge < -0.3 is 10.2 Å². The second-order valence-electron chi connectivity index (χ2n) is 7.26. The molecule has 2 amide bonds. The normalized spacial score (nSPS) is 19.4. The largest absolute Gasteiger partial charge is 0.346 e. The van der Waals surface area contributed by atoms with E-state index in [1.54, 1.807) is 25.1 Å². The fourth-order valence-corrected chi connectivity index (χ4v) is 4.55. The lowest BCUT2D eigenvalue weighted by Crippen LogP contribution is -2.42. The molecule has 1 N–H and O–H groups in total. The van der Waals surface area contributed by atoms with Gasteiger partial charge in [-0.25, -0.2) is 13.4 Å². The predicted molar refractivity (Wildman–Crippen MR) is 95.2 cm³/mol. The van der Waals surface area contributed by atoms with Gasteiger partial charge in [0.05, 0.1) is 11.5 Å². The first-order valence-electron chi connectivity index (χ1n) is 8.33. The summed E-state index contributed by atoms with van der Waals surface area (Å²) >= 11 is 0. The first kappa shape index (κ1) is 19.4. The number of hydrogen-bond donors (Lipinski definition) is 1. The monoisotopic (exact) mass is 367 g/mol. The highest BCUT2D eigenvalue weighted by molar-refractivity contribution is 7.91. The molecular formula is C17H25N3O4S. The van der Waals surface area contributed by atoms with E-state index in [0.29, 0.717) is 13.0 Å². The van der Waals surface area contributed by atoms with Gasteiger partial charge in [-0.1, -0.05) is 6.07 Å². The Bertz CT molecular complexity index is 768. The number of hydrogen-bond acceptors (Lipinski definition) is 5. The number of sulfone groups is 1. The van der Waals surface area contributed by atoms with Crippen LogP contribution < -0.4 is 5.32 Å². The molecule has 2 heterocycles. The van der Waals surface area contributed by atoms with Gasteiger partial charge in [-0.05, 0) is 46.2 Å². The van der Waals surface area contributed by atoms with E-state index in [2.05, 4.69) is 10.3 Å². The topological polar surface area (TPSA) is 96.4 Å². The van der Waals surface area contributed by atoms with Crippen LogP contribution in [-0.2, 0) is 9.84 Å². The van der Waals surface area contributed by atoms with Crippen molar-refractivity contribution in [1.82, 2.24) is 15.2 Å². The summed E-state index contributed by atoms with van der Waals surface area (Å²) in [6.07, 6.45) is 0.437. The number of nitrogens with one attached hydrogen (secondary N) is 1. The lowest BCUT2D eigenvalue weighted by atomic mass is 10.1. The van der Waals surface area contributed by atoms with Crippen molar-refractivity contribution in [3.63, 3.8) is 0 Å². The summed E-state index contributed by atoms with van der Waals surface area (Å²) in [5.41, 5.74) is -0.101. The van der Waals surface area contributed by atoms with Crippen LogP contribution in [0.2, 0.25) is 0 Å². The van der Waals surface area contributed by atoms with Gasteiger partial charge in [0.1, 0.15) is 11.4 Å². The van der Waals surface area contributed by atoms with Crippen molar-refractivity contribution in [2.45, 2.75) is 45.7 Å². The minimum Gasteiger partial charge on any atom is -0.346 e. The highest BCUT2D eigenvalue weighted by atomic mass is 32.2. The number of nitrogens with zero attached hydrogens (tertiary/aromatic N) is 2. The van der Waals surface area contributed by atoms with Crippen LogP contribution in [0.4, 0.5) is 0 Å². The Labute approximate surface area is 148 Å². The Morgan fingerprint density at radius 3 is 2.44 bits per heavy atom. The Balaban J connectivity index is 2.21. The van der Waals surface area contributed by atoms with Crippen LogP contribution in [0.25, 0.3) is 0 Å². The number of aromatic nitrogens is 1. The second kappa shape index (κ2) is 7.11. The molecule has 7 nitrogen and oxygen atoms in total. The van der Waals surface area contributed by atoms with E-state index in [1.807, 2.05) is 20.8 Å². The molecule has 1 aliphatic heterocycles. The molecule has 0 bridgehead atoms. The quantitative estimate of drug-likeness (QED) is 0.864. The molecule has 0 spiro atoms. The van der Waals surface area contributed by atoms with Gasteiger partial charge in [0, 0.05) is 18.1 Å². The van der Waals surface area contributed by atoms with Crippen molar-refractivity contribution in [3.05, 3.63) is 29.6 Å². The minimum atomic E-state index is -3.09. The molecule has 138 valence electrons. The Morgan fingerprint density at radius 2 is 1.92 bits per heavy atom. The summed E-state index contributed by atoms with van der Waals surface area (Å²) in [6.45, 7) is 7.77. The Kier molecular flexibility index (Phi) is 5.51. The van der Waals surface area contributed by atoms with Crippen LogP contribution in [-0.4, -0.2) is 59.7 Å². The number of pyridine rings is 1. The number of carbonyl (C=O) groups excluding carboxylic acids is 2. The van der Waals surface area contributed by atoms with Crippen LogP contribution in [0.15, 0.2) is 18.2 Å². The first-order chi connectivity index (χ1) is 11.5. The third-order valence-corrected chi connectivity index (χ3v) is 5.69. The average molecular weight is 367 g/mol. The van der Waals surface area contributed by atoms with E-state index in [-0.39, 0.29) is 40.7 Å². The maximum absolute atomic E-state index is 12.8. The maximum atomic E-state index is 12.8. The molecular weight excluding hydrogens is 342 g/mol. The molecule has 0 radical (unpaired) electrons. The molecule has 1 saturated heterocycles. The van der Waals surface area contributed by atoms with Gasteiger partial charge in [-0.2, -0.15) is 0 Å². The molecule has 8 heteroatoms. The van der Waals surface area contributed by atoms with Crippen LogP contribution in [0.1, 0.15) is 55.1 Å². The average Bonchev–Trinajstić information content (AvgIpc) is 2.86. The molecule has 0 saturated carbocycles. The highest BCUT2D eigenvalue weighted by Gasteiger charge is 2.34. The van der Waals surface area contributed by atoms with E-state index >= 15 is 0 Å². The van der Waals surface area contributed by atoms with Gasteiger partial charge in [0.25, 0.3) is 11.8 Å². The van der Waals surface area contributed by atoms with Gasteiger partial charge in [0.2, 0.25) is 0 Å². The fourth-order valence-electron chi connectivity index (χ4n) is 2.82. The van der Waals surface area contributed by atoms with E-state index in [9.17, 15) is 18.0 Å². The zero-order chi connectivity index (χ0) is 18.8. The van der Waals surface area contributed by atoms with Crippen molar-refractivity contribution in [2.24, 2.45) is 0 Å². The summed E-state index contributed by atoms with van der Waals surface area (Å²) < 4.78 is 23.4. The number of rotatable bonds is 4. The van der Waals surface area contributed by atoms with Crippen molar-refractivity contribution in [2.75, 3.05) is 18.1 Å². The third-order valence-electron chi connectivity index (χ3n) is 3.94. The van der Waals surface area contributed by atoms with E-state index in [4.69, 9.17) is 0 Å². The van der Waals surface area contributed by atoms with Crippen LogP contribution in [0.3, 0.4) is 0 Å². The molecule has 0 aromatic carbocycles. The fraction of sp³-hybridized carbons (Fsp3) is 0.588. The Morgan fingerprint density at radius 1 is 1.28 bits per heavy atom. The molecule has 1 fully saturated rings. The second-order valence-corrected chi connectivity index (χ2v) is 9.49. The molecule has 1 unspecified atom stereocenters. The van der Waals surface area contributed by atoms with Crippen LogP contribution in [0.5, 0.6) is 0 Å². The summed E-state index contributed by atoms with van der Waals surface area (Å²) in [4.78, 5) is 30.7. The van der Waals surface area contributed by atoms with Crippen molar-refractivity contribution in [3.8, 4) is 0 Å². The van der Waals surface area contributed by atoms with E-state index in [1.165, 1.54) is 4.90 Å². The first-order valence-corrected chi connectivity index (χ1v) is 10.2. The number of carbonyl (C=O) groups is 2. The standard InChI is InChI=1S/C17H25N3O4S/c1-5-20(12-9-10-25(23,24)11-12)16(22)14-8-6-7-13(18-14)15(21)19-17(2,3)4/h6-8,12H,5,9-11H2,1-4H3,(H,19,21). The minimum absolute atomic E-state index is 0.0171. The smallest absolute Gasteiger partial charge is 0.272 e. The van der Waals surface area contributed by atoms with E-state index in [0.717, 1.165) is 0 Å². The van der Waals surface area contributed by atoms with Gasteiger partial charge in [0.15, 0.2) is 9.84 Å². The summed E-state index contributed by atoms with van der Waals surface area (Å²) in [7, 11) is -3.09. The lowest BCUT2D eigenvalue weighted by Gasteiger charge is -2.26. The maximum Gasteiger partial charge on any atom is 0.272 e. The summed E-state index contributed by atoms with van der Waals surface area (Å²) in [5.74, 6) is -0.622. The molecule has 1 aliphatic rings. The van der Waals surface area contributed by atoms with E-state index < -0.39 is 15.4 Å². The molecule has 1 aromatic rings. The SMILES string of the molecule is CCN(C(=O)c1cccc(C(=O)NC(C)(C)C)n1)C1CCS(=O)(=O)C1. The molecule has 0 aliphatic carbocycles. The molecule has 2 rings (SSSR count). The summed E-state index contributed by atoms with van der Waals surface area (Å²) in [6, 6.07) is 4.37. The lowest BCUT2D eigenvalue weighted by molar-refractivity contribution is 0.0702. The molecule has 1 atom stereocenters. The molecule has 25 heavy (non-hydrogen) atoms. The Hall–Kier alpha value is -1.96. The van der Waals surface area contributed by atoms with Crippen LogP contribution >= 0.6 is 0 Å². The van der Waals surface area contributed by atoms with Crippen LogP contribution in [0, 0.1) is 0 Å². The van der Waals surface area contributed by atoms with Crippen molar-refractivity contribution >= 4 is 21.7 Å². The highest BCUT2D eigenvalue weighted by Crippen LogP contribution is 2.19. The van der Waals surface area contributed by atoms with Crippen molar-refractivity contribution in [1.29, 1.82) is 0 Å². The van der Waals surface area contributed by atoms with Crippen molar-refractivity contribution < 1.29 is 18.0 Å². The summed E-state index contributed by atoms with van der Waals surface area (Å²) in [5, 5.41) is 2.81. The van der Waals surface area contributed by atoms with Gasteiger partial charge >= 0.3 is 0 Å². The third kappa shape index (κ3) is 5.01. The van der Waals surface area contributed by atoms with Gasteiger partial charge in [-0.3, -0.25) is 9.59 Å². The zero-order valence-electron chi connectivity index (χ0n) is 15.1.